The summed E-state index contributed by atoms with van der Waals surface area (Å²) in [6, 6.07) is 16.8. The van der Waals surface area contributed by atoms with Crippen LogP contribution in [0, 0.1) is 5.82 Å². The highest BCUT2D eigenvalue weighted by atomic mass is 35.5. The number of ether oxygens (including phenoxy) is 1. The van der Waals surface area contributed by atoms with Crippen LogP contribution in [-0.2, 0) is 37.5 Å². The third kappa shape index (κ3) is 4.99. The monoisotopic (exact) mass is 564 g/mol. The topological polar surface area (TPSA) is 97.2 Å². The maximum Gasteiger partial charge on any atom is 0.294 e. The summed E-state index contributed by atoms with van der Waals surface area (Å²) in [5.41, 5.74) is 4.08. The van der Waals surface area contributed by atoms with E-state index in [2.05, 4.69) is 28.7 Å². The van der Waals surface area contributed by atoms with Gasteiger partial charge in [-0.05, 0) is 53.9 Å². The van der Waals surface area contributed by atoms with Crippen molar-refractivity contribution in [3.63, 3.8) is 0 Å². The molecule has 3 aromatic rings. The van der Waals surface area contributed by atoms with Gasteiger partial charge in [0.1, 0.15) is 5.60 Å². The maximum atomic E-state index is 13.7. The van der Waals surface area contributed by atoms with Gasteiger partial charge in [0.2, 0.25) is 0 Å². The summed E-state index contributed by atoms with van der Waals surface area (Å²) in [5, 5.41) is 7.53. The largest absolute Gasteiger partial charge is 0.384 e. The van der Waals surface area contributed by atoms with Crippen LogP contribution in [0.5, 0.6) is 0 Å². The van der Waals surface area contributed by atoms with E-state index in [9.17, 15) is 12.8 Å². The maximum absolute atomic E-state index is 13.7. The Hall–Kier alpha value is -2.53. The highest BCUT2D eigenvalue weighted by Crippen LogP contribution is 2.42. The van der Waals surface area contributed by atoms with Crippen LogP contribution in [0.25, 0.3) is 0 Å². The van der Waals surface area contributed by atoms with Gasteiger partial charge in [0, 0.05) is 25.1 Å². The molecule has 0 radical (unpaired) electrons. The lowest BCUT2D eigenvalue weighted by Crippen LogP contribution is -2.56. The number of nitrogens with zero attached hydrogens (tertiary/aromatic N) is 1. The minimum atomic E-state index is -4.00. The first-order valence-electron chi connectivity index (χ1n) is 11.4. The van der Waals surface area contributed by atoms with Gasteiger partial charge in [-0.2, -0.15) is 8.42 Å². The van der Waals surface area contributed by atoms with E-state index in [-0.39, 0.29) is 20.5 Å². The van der Waals surface area contributed by atoms with Crippen molar-refractivity contribution in [3.05, 3.63) is 98.8 Å². The zero-order chi connectivity index (χ0) is 26.4. The number of halogens is 3. The molecular formula is C26H23Cl2FN2O5S. The molecule has 7 nitrogen and oxygen atoms in total. The van der Waals surface area contributed by atoms with Crippen LogP contribution in [0.15, 0.2) is 70.7 Å². The highest BCUT2D eigenvalue weighted by Gasteiger charge is 2.45. The Kier molecular flexibility index (Phi) is 6.81. The summed E-state index contributed by atoms with van der Waals surface area (Å²) in [7, 11) is -4.00. The van der Waals surface area contributed by atoms with Crippen LogP contribution >= 0.6 is 23.2 Å². The third-order valence-corrected chi connectivity index (χ3v) is 8.17. The molecule has 3 aromatic carbocycles. The Labute approximate surface area is 223 Å². The molecule has 194 valence electrons. The summed E-state index contributed by atoms with van der Waals surface area (Å²) in [6.45, 7) is 4.22. The first-order chi connectivity index (χ1) is 17.5. The average Bonchev–Trinajstić information content (AvgIpc) is 3.44. The molecule has 2 N–H and O–H groups in total. The van der Waals surface area contributed by atoms with Crippen molar-refractivity contribution >= 4 is 39.0 Å². The van der Waals surface area contributed by atoms with E-state index in [0.717, 1.165) is 24.4 Å². The van der Waals surface area contributed by atoms with Gasteiger partial charge in [-0.1, -0.05) is 58.7 Å². The van der Waals surface area contributed by atoms with Crippen molar-refractivity contribution in [3.8, 4) is 0 Å². The van der Waals surface area contributed by atoms with E-state index < -0.39 is 21.5 Å². The Morgan fingerprint density at radius 3 is 2.30 bits per heavy atom. The summed E-state index contributed by atoms with van der Waals surface area (Å²) in [4.78, 5) is 5.67. The van der Waals surface area contributed by atoms with Gasteiger partial charge in [0.05, 0.1) is 27.3 Å². The lowest BCUT2D eigenvalue weighted by atomic mass is 9.85. The van der Waals surface area contributed by atoms with E-state index in [1.165, 1.54) is 23.3 Å². The summed E-state index contributed by atoms with van der Waals surface area (Å²) in [6.07, 6.45) is 0.539. The lowest BCUT2D eigenvalue weighted by Gasteiger charge is -2.39. The Balaban J connectivity index is 0.000000237. The number of rotatable bonds is 3. The quantitative estimate of drug-likeness (QED) is 0.325. The third-order valence-electron chi connectivity index (χ3n) is 6.75. The first-order valence-corrected chi connectivity index (χ1v) is 13.6. The van der Waals surface area contributed by atoms with E-state index >= 15 is 0 Å². The fraction of sp³-hybridized carbons (Fsp3) is 0.269. The summed E-state index contributed by atoms with van der Waals surface area (Å²) in [5.74, 6) is -0.622. The fourth-order valence-electron chi connectivity index (χ4n) is 4.58. The molecule has 1 saturated heterocycles. The Morgan fingerprint density at radius 2 is 1.73 bits per heavy atom. The van der Waals surface area contributed by atoms with Crippen LogP contribution < -0.4 is 5.32 Å². The fourth-order valence-corrected chi connectivity index (χ4v) is 5.57. The molecule has 0 amide bonds. The second-order valence-electron chi connectivity index (χ2n) is 9.34. The second-order valence-corrected chi connectivity index (χ2v) is 11.6. The molecule has 11 heteroatoms. The lowest BCUT2D eigenvalue weighted by molar-refractivity contribution is -0.0746. The molecule has 3 heterocycles. The number of nitrogens with one attached hydrogen (secondary N) is 1. The Morgan fingerprint density at radius 1 is 1.05 bits per heavy atom. The molecule has 3 aliphatic heterocycles. The van der Waals surface area contributed by atoms with Gasteiger partial charge in [-0.25, -0.2) is 4.39 Å². The van der Waals surface area contributed by atoms with E-state index in [1.54, 1.807) is 30.3 Å². The van der Waals surface area contributed by atoms with Gasteiger partial charge >= 0.3 is 0 Å². The van der Waals surface area contributed by atoms with Crippen molar-refractivity contribution in [2.24, 2.45) is 5.16 Å². The minimum Gasteiger partial charge on any atom is -0.384 e. The van der Waals surface area contributed by atoms with Crippen molar-refractivity contribution in [2.75, 3.05) is 13.1 Å². The molecule has 0 aromatic heterocycles. The molecule has 3 aliphatic rings. The average molecular weight is 565 g/mol. The van der Waals surface area contributed by atoms with Crippen LogP contribution in [0.1, 0.15) is 35.6 Å². The zero-order valence-electron chi connectivity index (χ0n) is 19.7. The van der Waals surface area contributed by atoms with E-state index in [1.807, 2.05) is 6.92 Å². The summed E-state index contributed by atoms with van der Waals surface area (Å²) < 4.78 is 49.0. The van der Waals surface area contributed by atoms with E-state index in [0.29, 0.717) is 18.6 Å². The Bertz CT molecular complexity index is 1470. The van der Waals surface area contributed by atoms with Crippen molar-refractivity contribution in [1.29, 1.82) is 0 Å². The van der Waals surface area contributed by atoms with Gasteiger partial charge in [-0.3, -0.25) is 4.55 Å². The van der Waals surface area contributed by atoms with Gasteiger partial charge in [0.15, 0.2) is 11.4 Å². The van der Waals surface area contributed by atoms with Gasteiger partial charge in [0.25, 0.3) is 10.1 Å². The standard InChI is InChI=1S/C20H17Cl2FN2O2.C6H6O3S/c1-19(13-5-15(21)18(23)16(22)6-13)7-17(25-27-19)11-2-3-14-12(4-11)8-26-20(14)9-24-10-20;7-10(8,9)6-4-2-1-3-5-6/h2-6,24H,7-10H2,1H3;1-5H,(H,7,8,9). The number of fused-ring (bicyclic) bond motifs is 2. The van der Waals surface area contributed by atoms with Gasteiger partial charge < -0.3 is 14.9 Å². The van der Waals surface area contributed by atoms with Crippen LogP contribution in [-0.4, -0.2) is 31.8 Å². The van der Waals surface area contributed by atoms with Crippen molar-refractivity contribution in [1.82, 2.24) is 5.32 Å². The second kappa shape index (κ2) is 9.65. The number of hydrogen-bond acceptors (Lipinski definition) is 6. The zero-order valence-corrected chi connectivity index (χ0v) is 22.0. The number of benzene rings is 3. The predicted molar refractivity (Wildman–Crippen MR) is 138 cm³/mol. The van der Waals surface area contributed by atoms with Crippen LogP contribution in [0.2, 0.25) is 10.0 Å². The van der Waals surface area contributed by atoms with Crippen LogP contribution in [0.4, 0.5) is 4.39 Å². The van der Waals surface area contributed by atoms with Crippen molar-refractivity contribution in [2.45, 2.75) is 36.0 Å². The molecule has 6 rings (SSSR count). The number of hydrogen-bond donors (Lipinski definition) is 2. The smallest absolute Gasteiger partial charge is 0.294 e. The molecule has 1 atom stereocenters. The summed E-state index contributed by atoms with van der Waals surface area (Å²) >= 11 is 11.9. The molecular weight excluding hydrogens is 542 g/mol. The molecule has 0 saturated carbocycles. The molecule has 37 heavy (non-hydrogen) atoms. The van der Waals surface area contributed by atoms with Crippen molar-refractivity contribution < 1.29 is 26.9 Å². The first kappa shape index (κ1) is 26.1. The molecule has 1 spiro atoms. The highest BCUT2D eigenvalue weighted by molar-refractivity contribution is 7.85. The molecule has 0 bridgehead atoms. The minimum absolute atomic E-state index is 0.0233. The molecule has 1 unspecified atom stereocenters. The predicted octanol–water partition coefficient (Wildman–Crippen LogP) is 5.43. The van der Waals surface area contributed by atoms with E-state index in [4.69, 9.17) is 37.3 Å². The normalized spacial score (nSPS) is 21.4. The van der Waals surface area contributed by atoms with Gasteiger partial charge in [-0.15, -0.1) is 0 Å². The molecule has 0 aliphatic carbocycles. The molecule has 1 fully saturated rings. The SMILES string of the molecule is CC1(c2cc(Cl)c(F)c(Cl)c2)CC(c2ccc3c(c2)COC32CNC2)=NO1.O=S(=O)(O)c1ccccc1. The van der Waals surface area contributed by atoms with Crippen LogP contribution in [0.3, 0.4) is 0 Å². The number of oxime groups is 1.